The van der Waals surface area contributed by atoms with Crippen molar-refractivity contribution in [2.75, 3.05) is 0 Å². The fourth-order valence-corrected chi connectivity index (χ4v) is 4.83. The van der Waals surface area contributed by atoms with Crippen molar-refractivity contribution in [3.05, 3.63) is 22.8 Å². The Balaban J connectivity index is 2.10. The van der Waals surface area contributed by atoms with Gasteiger partial charge < -0.3 is 24.8 Å². The van der Waals surface area contributed by atoms with Crippen LogP contribution in [0.4, 0.5) is 0 Å². The number of hydrogen-bond acceptors (Lipinski definition) is 6. The SMILES string of the molecule is CC[C@@H](C)[C@]12OC(=O)[C@]3(O)C[C@H](O1)c1c(cc(O)c(C)c1O)[C@]23C. The molecule has 3 heterocycles. The lowest BCUT2D eigenvalue weighted by molar-refractivity contribution is -0.319. The normalized spacial score (nSPS) is 40.4. The fourth-order valence-electron chi connectivity index (χ4n) is 4.83. The first-order valence-corrected chi connectivity index (χ1v) is 8.33. The standard InChI is InChI=1S/C18H22O6/c1-5-8(2)18-16(4)10-6-11(19)9(3)14(20)13(10)12(23-18)7-17(16,22)15(21)24-18/h6,8,12,19-20,22H,5,7H2,1-4H3/t8-,12+,16+,17-,18-/m1/s1. The highest BCUT2D eigenvalue weighted by Gasteiger charge is 2.81. The lowest BCUT2D eigenvalue weighted by Crippen LogP contribution is -2.69. The molecule has 130 valence electrons. The van der Waals surface area contributed by atoms with E-state index in [1.54, 1.807) is 13.8 Å². The highest BCUT2D eigenvalue weighted by atomic mass is 16.7. The average Bonchev–Trinajstić information content (AvgIpc) is 2.64. The largest absolute Gasteiger partial charge is 0.508 e. The number of hydrogen-bond donors (Lipinski definition) is 3. The van der Waals surface area contributed by atoms with E-state index < -0.39 is 28.9 Å². The molecule has 2 saturated heterocycles. The quantitative estimate of drug-likeness (QED) is 0.717. The van der Waals surface area contributed by atoms with Crippen molar-refractivity contribution in [3.8, 4) is 11.5 Å². The molecule has 5 atom stereocenters. The van der Waals surface area contributed by atoms with Gasteiger partial charge in [-0.15, -0.1) is 0 Å². The van der Waals surface area contributed by atoms with Crippen molar-refractivity contribution in [2.45, 2.75) is 63.4 Å². The summed E-state index contributed by atoms with van der Waals surface area (Å²) in [6.07, 6.45) is 0.0578. The van der Waals surface area contributed by atoms with Gasteiger partial charge in [0.25, 0.3) is 0 Å². The van der Waals surface area contributed by atoms with Gasteiger partial charge in [0.05, 0.1) is 11.5 Å². The first-order chi connectivity index (χ1) is 11.1. The van der Waals surface area contributed by atoms with Crippen molar-refractivity contribution < 1.29 is 29.6 Å². The summed E-state index contributed by atoms with van der Waals surface area (Å²) in [5.41, 5.74) is -1.52. The molecule has 24 heavy (non-hydrogen) atoms. The monoisotopic (exact) mass is 334 g/mol. The molecule has 0 unspecified atom stereocenters. The highest BCUT2D eigenvalue weighted by molar-refractivity contribution is 5.88. The Labute approximate surface area is 140 Å². The predicted molar refractivity (Wildman–Crippen MR) is 83.5 cm³/mol. The maximum atomic E-state index is 12.6. The van der Waals surface area contributed by atoms with E-state index in [2.05, 4.69) is 0 Å². The van der Waals surface area contributed by atoms with Crippen LogP contribution in [0.2, 0.25) is 0 Å². The Hall–Kier alpha value is -1.79. The van der Waals surface area contributed by atoms with Crippen LogP contribution in [-0.2, 0) is 19.7 Å². The molecule has 3 aliphatic heterocycles. The van der Waals surface area contributed by atoms with E-state index in [1.807, 2.05) is 13.8 Å². The third-order valence-corrected chi connectivity index (χ3v) is 6.59. The second-order valence-corrected chi connectivity index (χ2v) is 7.49. The summed E-state index contributed by atoms with van der Waals surface area (Å²) >= 11 is 0. The van der Waals surface area contributed by atoms with Crippen LogP contribution in [-0.4, -0.2) is 32.7 Å². The van der Waals surface area contributed by atoms with Crippen molar-refractivity contribution in [1.29, 1.82) is 0 Å². The van der Waals surface area contributed by atoms with Gasteiger partial charge in [0.2, 0.25) is 5.79 Å². The zero-order valence-electron chi connectivity index (χ0n) is 14.2. The molecule has 0 aromatic heterocycles. The fraction of sp³-hybridized carbons (Fsp3) is 0.611. The number of carbonyl (C=O) groups excluding carboxylic acids is 1. The summed E-state index contributed by atoms with van der Waals surface area (Å²) in [5, 5.41) is 32.0. The molecular formula is C18H22O6. The smallest absolute Gasteiger partial charge is 0.341 e. The molecular weight excluding hydrogens is 312 g/mol. The van der Waals surface area contributed by atoms with Crippen LogP contribution in [0.1, 0.15) is 56.4 Å². The lowest BCUT2D eigenvalue weighted by atomic mass is 9.53. The Kier molecular flexibility index (Phi) is 2.78. The molecule has 6 nitrogen and oxygen atoms in total. The highest BCUT2D eigenvalue weighted by Crippen LogP contribution is 2.69. The number of ether oxygens (including phenoxy) is 2. The van der Waals surface area contributed by atoms with Crippen LogP contribution < -0.4 is 0 Å². The molecule has 0 saturated carbocycles. The predicted octanol–water partition coefficient (Wildman–Crippen LogP) is 2.17. The summed E-state index contributed by atoms with van der Waals surface area (Å²) < 4.78 is 11.9. The summed E-state index contributed by atoms with van der Waals surface area (Å²) in [4.78, 5) is 12.6. The molecule has 4 aliphatic rings. The molecule has 0 spiro atoms. The van der Waals surface area contributed by atoms with E-state index in [4.69, 9.17) is 9.47 Å². The van der Waals surface area contributed by atoms with E-state index in [-0.39, 0.29) is 23.8 Å². The minimum absolute atomic E-state index is 0.0330. The zero-order valence-corrected chi connectivity index (χ0v) is 14.2. The number of benzene rings is 1. The average molecular weight is 334 g/mol. The minimum Gasteiger partial charge on any atom is -0.508 e. The first kappa shape index (κ1) is 15.7. The van der Waals surface area contributed by atoms with Gasteiger partial charge in [-0.25, -0.2) is 4.79 Å². The molecule has 3 N–H and O–H groups in total. The van der Waals surface area contributed by atoms with Gasteiger partial charge in [-0.2, -0.15) is 0 Å². The molecule has 1 aromatic carbocycles. The Morgan fingerprint density at radius 2 is 2.08 bits per heavy atom. The molecule has 2 fully saturated rings. The molecule has 1 aromatic rings. The van der Waals surface area contributed by atoms with Crippen molar-refractivity contribution in [2.24, 2.45) is 5.92 Å². The van der Waals surface area contributed by atoms with Crippen LogP contribution >= 0.6 is 0 Å². The zero-order chi connectivity index (χ0) is 17.7. The van der Waals surface area contributed by atoms with Gasteiger partial charge in [-0.05, 0) is 31.9 Å². The van der Waals surface area contributed by atoms with Crippen LogP contribution in [0.25, 0.3) is 0 Å². The van der Waals surface area contributed by atoms with Gasteiger partial charge in [-0.1, -0.05) is 13.8 Å². The van der Waals surface area contributed by atoms with Crippen LogP contribution in [0.15, 0.2) is 6.07 Å². The van der Waals surface area contributed by atoms with E-state index in [0.29, 0.717) is 23.1 Å². The van der Waals surface area contributed by atoms with Crippen molar-refractivity contribution in [3.63, 3.8) is 0 Å². The molecule has 4 bridgehead atoms. The number of phenols is 2. The number of phenolic OH excluding ortho intramolecular Hbond substituents is 2. The van der Waals surface area contributed by atoms with E-state index in [9.17, 15) is 20.1 Å². The lowest BCUT2D eigenvalue weighted by Gasteiger charge is -2.58. The third kappa shape index (κ3) is 1.32. The maximum Gasteiger partial charge on any atom is 0.341 e. The van der Waals surface area contributed by atoms with Crippen molar-refractivity contribution in [1.82, 2.24) is 0 Å². The second-order valence-electron chi connectivity index (χ2n) is 7.49. The second kappa shape index (κ2) is 4.24. The summed E-state index contributed by atoms with van der Waals surface area (Å²) in [5.74, 6) is -2.29. The molecule has 0 radical (unpaired) electrons. The topological polar surface area (TPSA) is 96.2 Å². The van der Waals surface area contributed by atoms with Crippen LogP contribution in [0.5, 0.6) is 11.5 Å². The summed E-state index contributed by atoms with van der Waals surface area (Å²) in [6, 6.07) is 1.53. The number of rotatable bonds is 2. The van der Waals surface area contributed by atoms with Gasteiger partial charge in [-0.3, -0.25) is 0 Å². The Morgan fingerprint density at radius 3 is 2.71 bits per heavy atom. The number of esters is 1. The first-order valence-electron chi connectivity index (χ1n) is 8.33. The molecule has 1 aliphatic carbocycles. The van der Waals surface area contributed by atoms with Crippen LogP contribution in [0.3, 0.4) is 0 Å². The molecule has 6 heteroatoms. The number of aliphatic hydroxyl groups is 1. The van der Waals surface area contributed by atoms with Gasteiger partial charge >= 0.3 is 5.97 Å². The molecule has 5 rings (SSSR count). The van der Waals surface area contributed by atoms with Gasteiger partial charge in [0.1, 0.15) is 11.5 Å². The van der Waals surface area contributed by atoms with Gasteiger partial charge in [0, 0.05) is 23.5 Å². The van der Waals surface area contributed by atoms with E-state index in [1.165, 1.54) is 6.07 Å². The summed E-state index contributed by atoms with van der Waals surface area (Å²) in [7, 11) is 0. The van der Waals surface area contributed by atoms with E-state index in [0.717, 1.165) is 0 Å². The Morgan fingerprint density at radius 1 is 1.42 bits per heavy atom. The van der Waals surface area contributed by atoms with Crippen LogP contribution in [0, 0.1) is 12.8 Å². The number of carbonyl (C=O) groups is 1. The molecule has 0 amide bonds. The summed E-state index contributed by atoms with van der Waals surface area (Å²) in [6.45, 7) is 7.22. The maximum absolute atomic E-state index is 12.6. The third-order valence-electron chi connectivity index (χ3n) is 6.59. The van der Waals surface area contributed by atoms with Gasteiger partial charge in [0.15, 0.2) is 5.60 Å². The minimum atomic E-state index is -1.74. The van der Waals surface area contributed by atoms with E-state index >= 15 is 0 Å². The number of aromatic hydroxyl groups is 2. The van der Waals surface area contributed by atoms with Crippen molar-refractivity contribution >= 4 is 5.97 Å². The Bertz CT molecular complexity index is 773.